The molecule has 0 saturated carbocycles. The predicted octanol–water partition coefficient (Wildman–Crippen LogP) is 8.92. The molecule has 4 rings (SSSR count). The molecule has 2 aromatic rings. The quantitative estimate of drug-likeness (QED) is 0.118. The van der Waals surface area contributed by atoms with Gasteiger partial charge in [-0.15, -0.1) is 0 Å². The summed E-state index contributed by atoms with van der Waals surface area (Å²) in [4.78, 5) is 38.1. The maximum Gasteiger partial charge on any atom is 0.337 e. The molecule has 2 aromatic carbocycles. The van der Waals surface area contributed by atoms with E-state index in [9.17, 15) is 24.6 Å². The van der Waals surface area contributed by atoms with E-state index in [1.165, 1.54) is 24.3 Å². The van der Waals surface area contributed by atoms with Crippen molar-refractivity contribution >= 4 is 69.2 Å². The fraction of sp³-hybridized carbons (Fsp3) is 0.300. The Morgan fingerprint density at radius 1 is 0.902 bits per heavy atom. The molecule has 0 radical (unpaired) electrons. The molecule has 0 saturated heterocycles. The summed E-state index contributed by atoms with van der Waals surface area (Å²) in [7, 11) is 0. The Morgan fingerprint density at radius 2 is 1.61 bits per heavy atom. The van der Waals surface area contributed by atoms with Crippen LogP contribution in [-0.2, 0) is 0 Å². The minimum Gasteiger partial charge on any atom is -0.506 e. The van der Waals surface area contributed by atoms with Gasteiger partial charge in [0.05, 0.1) is 31.2 Å². The molecule has 0 spiro atoms. The average molecular weight is 639 g/mol. The zero-order chi connectivity index (χ0) is 30.0. The predicted molar refractivity (Wildman–Crippen MR) is 163 cm³/mol. The third-order valence-corrected chi connectivity index (χ3v) is 8.05. The summed E-state index contributed by atoms with van der Waals surface area (Å²) in [6, 6.07) is 6.27. The zero-order valence-electron chi connectivity index (χ0n) is 22.2. The second-order valence-electron chi connectivity index (χ2n) is 10.2. The molecule has 1 aliphatic carbocycles. The molecule has 41 heavy (non-hydrogen) atoms. The summed E-state index contributed by atoms with van der Waals surface area (Å²) in [6.07, 6.45) is 5.05. The molecule has 0 aromatic heterocycles. The van der Waals surface area contributed by atoms with Gasteiger partial charge >= 0.3 is 5.97 Å². The molecule has 0 fully saturated rings. The minimum absolute atomic E-state index is 0.0324. The first kappa shape index (κ1) is 31.0. The normalized spacial score (nSPS) is 11.5. The molecule has 11 heteroatoms. The minimum atomic E-state index is -1.40. The lowest BCUT2D eigenvalue weighted by molar-refractivity contribution is 0.0697. The third-order valence-electron chi connectivity index (χ3n) is 6.76. The summed E-state index contributed by atoms with van der Waals surface area (Å²) in [5, 5.41) is 22.9. The molecule has 3 N–H and O–H groups in total. The number of carbonyl (C=O) groups is 2. The van der Waals surface area contributed by atoms with E-state index in [0.717, 1.165) is 38.2 Å². The molecular formula is C30H27Cl4NO6. The number of amides is 1. The first-order valence-electron chi connectivity index (χ1n) is 13.0. The average Bonchev–Trinajstić information content (AvgIpc) is 2.89. The van der Waals surface area contributed by atoms with E-state index >= 15 is 0 Å². The highest BCUT2D eigenvalue weighted by molar-refractivity contribution is 6.42. The van der Waals surface area contributed by atoms with Crippen molar-refractivity contribution < 1.29 is 24.2 Å². The highest BCUT2D eigenvalue weighted by Gasteiger charge is 2.30. The molecule has 0 bridgehead atoms. The number of aromatic hydroxyl groups is 1. The van der Waals surface area contributed by atoms with Crippen LogP contribution >= 0.6 is 46.4 Å². The molecule has 2 aliphatic rings. The second-order valence-corrected chi connectivity index (χ2v) is 11.8. The van der Waals surface area contributed by atoms with Crippen molar-refractivity contribution in [2.75, 3.05) is 6.54 Å². The van der Waals surface area contributed by atoms with Crippen LogP contribution in [0.2, 0.25) is 20.1 Å². The Balaban J connectivity index is 1.87. The van der Waals surface area contributed by atoms with Crippen LogP contribution in [0.15, 0.2) is 39.5 Å². The van der Waals surface area contributed by atoms with Crippen LogP contribution in [0.1, 0.15) is 66.7 Å². The first-order chi connectivity index (χ1) is 19.4. The number of phenols is 1. The Bertz CT molecular complexity index is 1680. The lowest BCUT2D eigenvalue weighted by atomic mass is 9.89. The Kier molecular flexibility index (Phi) is 9.75. The lowest BCUT2D eigenvalue weighted by Gasteiger charge is -2.20. The fourth-order valence-corrected chi connectivity index (χ4v) is 5.67. The standard InChI is InChI=1S/C30H27Cl4NO6/c1-14(2)7-5-3-4-6-8-35-29(38)17-11-20(33)26(30(39)40)27(28(17)34)25-15-9-18(31)21(36)12-23(15)41-24-13-22(37)19(32)10-16(24)25/h9-14,36H,3-8H2,1-2H3,(H,35,38)(H,39,40). The smallest absolute Gasteiger partial charge is 0.337 e. The molecular weight excluding hydrogens is 612 g/mol. The maximum atomic E-state index is 13.2. The van der Waals surface area contributed by atoms with Gasteiger partial charge < -0.3 is 19.9 Å². The number of rotatable bonds is 10. The lowest BCUT2D eigenvalue weighted by Crippen LogP contribution is -2.25. The number of phenolic OH excluding ortho intramolecular Hbond substituents is 1. The van der Waals surface area contributed by atoms with E-state index in [4.69, 9.17) is 50.8 Å². The van der Waals surface area contributed by atoms with Gasteiger partial charge in [-0.3, -0.25) is 9.59 Å². The number of carboxylic acids is 1. The monoisotopic (exact) mass is 637 g/mol. The number of halogens is 4. The summed E-state index contributed by atoms with van der Waals surface area (Å²) >= 11 is 25.7. The van der Waals surface area contributed by atoms with Gasteiger partial charge in [0.1, 0.15) is 17.1 Å². The number of aromatic carboxylic acids is 1. The van der Waals surface area contributed by atoms with E-state index in [1.807, 2.05) is 0 Å². The van der Waals surface area contributed by atoms with Gasteiger partial charge in [0.2, 0.25) is 5.43 Å². The van der Waals surface area contributed by atoms with Gasteiger partial charge in [0.15, 0.2) is 0 Å². The van der Waals surface area contributed by atoms with Crippen LogP contribution in [-0.4, -0.2) is 28.6 Å². The number of unbranched alkanes of at least 4 members (excludes halogenated alkanes) is 3. The van der Waals surface area contributed by atoms with Gasteiger partial charge in [0, 0.05) is 40.8 Å². The van der Waals surface area contributed by atoms with Crippen molar-refractivity contribution in [1.82, 2.24) is 5.32 Å². The van der Waals surface area contributed by atoms with E-state index in [-0.39, 0.29) is 70.4 Å². The SMILES string of the molecule is CC(C)CCCCCCNC(=O)c1cc(Cl)c(C(=O)O)c(-c2c3cc(Cl)c(=O)cc-3oc3cc(O)c(Cl)cc23)c1Cl. The number of nitrogens with one attached hydrogen (secondary N) is 1. The number of benzene rings is 3. The number of fused-ring (bicyclic) bond motifs is 2. The van der Waals surface area contributed by atoms with Crippen LogP contribution in [0.4, 0.5) is 0 Å². The van der Waals surface area contributed by atoms with Crippen LogP contribution in [0.3, 0.4) is 0 Å². The fourth-order valence-electron chi connectivity index (χ4n) is 4.73. The van der Waals surface area contributed by atoms with E-state index in [1.54, 1.807) is 0 Å². The zero-order valence-corrected chi connectivity index (χ0v) is 25.3. The van der Waals surface area contributed by atoms with E-state index < -0.39 is 17.3 Å². The summed E-state index contributed by atoms with van der Waals surface area (Å²) in [6.45, 7) is 4.77. The van der Waals surface area contributed by atoms with Crippen molar-refractivity contribution in [3.05, 3.63) is 71.8 Å². The van der Waals surface area contributed by atoms with Crippen LogP contribution < -0.4 is 10.7 Å². The van der Waals surface area contributed by atoms with Crippen molar-refractivity contribution in [2.45, 2.75) is 46.0 Å². The van der Waals surface area contributed by atoms with Crippen molar-refractivity contribution in [3.8, 4) is 28.2 Å². The van der Waals surface area contributed by atoms with Gasteiger partial charge in [-0.2, -0.15) is 0 Å². The summed E-state index contributed by atoms with van der Waals surface area (Å²) in [5.74, 6) is -1.54. The van der Waals surface area contributed by atoms with Crippen molar-refractivity contribution in [1.29, 1.82) is 0 Å². The van der Waals surface area contributed by atoms with E-state index in [2.05, 4.69) is 19.2 Å². The Hall–Kier alpha value is -2.97. The summed E-state index contributed by atoms with van der Waals surface area (Å²) < 4.78 is 5.85. The summed E-state index contributed by atoms with van der Waals surface area (Å²) in [5.41, 5.74) is -0.572. The van der Waals surface area contributed by atoms with E-state index in [0.29, 0.717) is 12.5 Å². The third kappa shape index (κ3) is 6.59. The second kappa shape index (κ2) is 12.9. The van der Waals surface area contributed by atoms with Gasteiger partial charge in [-0.1, -0.05) is 85.9 Å². The van der Waals surface area contributed by atoms with Crippen molar-refractivity contribution in [3.63, 3.8) is 0 Å². The molecule has 7 nitrogen and oxygen atoms in total. The van der Waals surface area contributed by atoms with Gasteiger partial charge in [0.25, 0.3) is 5.91 Å². The molecule has 1 aliphatic heterocycles. The highest BCUT2D eigenvalue weighted by Crippen LogP contribution is 2.48. The largest absolute Gasteiger partial charge is 0.506 e. The molecule has 0 atom stereocenters. The highest BCUT2D eigenvalue weighted by atomic mass is 35.5. The van der Waals surface area contributed by atoms with Crippen LogP contribution in [0, 0.1) is 5.92 Å². The van der Waals surface area contributed by atoms with Crippen LogP contribution in [0.25, 0.3) is 33.4 Å². The molecule has 1 heterocycles. The molecule has 1 amide bonds. The number of hydrogen-bond donors (Lipinski definition) is 3. The van der Waals surface area contributed by atoms with Crippen molar-refractivity contribution in [2.24, 2.45) is 5.92 Å². The topological polar surface area (TPSA) is 117 Å². The van der Waals surface area contributed by atoms with Gasteiger partial charge in [-0.05, 0) is 30.5 Å². The van der Waals surface area contributed by atoms with Gasteiger partial charge in [-0.25, -0.2) is 4.79 Å². The molecule has 216 valence electrons. The number of carboxylic acid groups (broad SMARTS) is 1. The number of carbonyl (C=O) groups excluding carboxylic acids is 1. The molecule has 0 unspecified atom stereocenters. The first-order valence-corrected chi connectivity index (χ1v) is 14.5. The Morgan fingerprint density at radius 3 is 2.29 bits per heavy atom. The number of hydrogen-bond acceptors (Lipinski definition) is 5. The Labute approximate surface area is 256 Å². The maximum absolute atomic E-state index is 13.2. The van der Waals surface area contributed by atoms with Crippen LogP contribution in [0.5, 0.6) is 5.75 Å².